The molecule has 29 heavy (non-hydrogen) atoms. The van der Waals surface area contributed by atoms with Gasteiger partial charge in [0.2, 0.25) is 11.8 Å². The number of hydrogen-bond donors (Lipinski definition) is 1. The Hall–Kier alpha value is -2.96. The molecule has 0 saturated carbocycles. The number of likely N-dealkylation sites (N-methyl/N-ethyl adjacent to an activating group) is 1. The number of nitrogens with zero attached hydrogens (tertiary/aromatic N) is 3. The van der Waals surface area contributed by atoms with Crippen LogP contribution in [0.3, 0.4) is 0 Å². The van der Waals surface area contributed by atoms with Crippen molar-refractivity contribution in [3.05, 3.63) is 59.5 Å². The number of aromatic nitrogens is 1. The summed E-state index contributed by atoms with van der Waals surface area (Å²) in [6.07, 6.45) is 2.64. The van der Waals surface area contributed by atoms with Gasteiger partial charge in [0.25, 0.3) is 0 Å². The number of nitrogens with one attached hydrogen (secondary N) is 1. The predicted octanol–water partition coefficient (Wildman–Crippen LogP) is 2.50. The molecule has 0 spiro atoms. The van der Waals surface area contributed by atoms with Crippen LogP contribution in [-0.2, 0) is 22.4 Å². The van der Waals surface area contributed by atoms with Crippen LogP contribution in [0.5, 0.6) is 0 Å². The highest BCUT2D eigenvalue weighted by Crippen LogP contribution is 2.11. The molecule has 2 amide bonds. The first-order chi connectivity index (χ1) is 14.0. The summed E-state index contributed by atoms with van der Waals surface area (Å²) in [5.74, 6) is 0.265. The molecule has 6 nitrogen and oxygen atoms in total. The Labute approximate surface area is 170 Å². The number of carbonyl (C=O) groups excluding carboxylic acids is 2. The first-order valence-corrected chi connectivity index (χ1v) is 9.97. The van der Waals surface area contributed by atoms with Crippen LogP contribution in [-0.4, -0.2) is 59.8 Å². The predicted molar refractivity (Wildman–Crippen MR) is 110 cm³/mol. The second kappa shape index (κ2) is 10.0. The first kappa shape index (κ1) is 20.8. The number of amides is 2. The molecule has 3 rings (SSSR count). The van der Waals surface area contributed by atoms with Gasteiger partial charge in [-0.25, -0.2) is 9.37 Å². The molecule has 1 N–H and O–H groups in total. The fourth-order valence-electron chi connectivity index (χ4n) is 3.27. The Kier molecular flexibility index (Phi) is 7.16. The zero-order chi connectivity index (χ0) is 20.6. The van der Waals surface area contributed by atoms with Crippen LogP contribution in [0.4, 0.5) is 10.2 Å². The molecule has 2 heterocycles. The number of rotatable bonds is 2. The van der Waals surface area contributed by atoms with E-state index in [0.29, 0.717) is 19.6 Å². The second-order valence-corrected chi connectivity index (χ2v) is 7.33. The van der Waals surface area contributed by atoms with Crippen molar-refractivity contribution in [3.63, 3.8) is 0 Å². The summed E-state index contributed by atoms with van der Waals surface area (Å²) in [7, 11) is 1.74. The summed E-state index contributed by atoms with van der Waals surface area (Å²) in [6, 6.07) is 11.8. The Morgan fingerprint density at radius 3 is 2.72 bits per heavy atom. The maximum Gasteiger partial charge on any atom is 0.241 e. The highest BCUT2D eigenvalue weighted by Gasteiger charge is 2.20. The fraction of sp³-hybridized carbons (Fsp3) is 0.409. The Bertz CT molecular complexity index is 841. The third-order valence-corrected chi connectivity index (χ3v) is 5.04. The molecule has 2 aromatic rings. The molecule has 1 aromatic heterocycles. The van der Waals surface area contributed by atoms with E-state index in [1.165, 1.54) is 12.1 Å². The van der Waals surface area contributed by atoms with Crippen LogP contribution in [0, 0.1) is 5.82 Å². The molecule has 1 aliphatic heterocycles. The maximum absolute atomic E-state index is 13.1. The van der Waals surface area contributed by atoms with Crippen LogP contribution in [0.2, 0.25) is 0 Å². The third kappa shape index (κ3) is 6.27. The summed E-state index contributed by atoms with van der Waals surface area (Å²) in [6.45, 7) is 1.67. The van der Waals surface area contributed by atoms with E-state index < -0.39 is 0 Å². The Balaban J connectivity index is 1.69. The normalized spacial score (nSPS) is 16.1. The monoisotopic (exact) mass is 398 g/mol. The molecule has 0 fully saturated rings. The van der Waals surface area contributed by atoms with Crippen LogP contribution in [0.15, 0.2) is 42.5 Å². The van der Waals surface area contributed by atoms with Gasteiger partial charge >= 0.3 is 0 Å². The minimum absolute atomic E-state index is 0.0556. The molecule has 154 valence electrons. The van der Waals surface area contributed by atoms with Gasteiger partial charge in [-0.05, 0) is 49.1 Å². The van der Waals surface area contributed by atoms with Gasteiger partial charge in [0.1, 0.15) is 11.6 Å². The number of pyridine rings is 1. The Morgan fingerprint density at radius 2 is 1.93 bits per heavy atom. The highest BCUT2D eigenvalue weighted by molar-refractivity contribution is 5.85. The van der Waals surface area contributed by atoms with Gasteiger partial charge < -0.3 is 15.1 Å². The van der Waals surface area contributed by atoms with Gasteiger partial charge in [0, 0.05) is 32.4 Å². The maximum atomic E-state index is 13.1. The number of anilines is 1. The molecule has 0 radical (unpaired) electrons. The molecule has 0 unspecified atom stereocenters. The van der Waals surface area contributed by atoms with Crippen LogP contribution in [0.1, 0.15) is 24.1 Å². The lowest BCUT2D eigenvalue weighted by Gasteiger charge is -2.26. The van der Waals surface area contributed by atoms with E-state index in [4.69, 9.17) is 0 Å². The van der Waals surface area contributed by atoms with Gasteiger partial charge in [0.05, 0.1) is 13.0 Å². The van der Waals surface area contributed by atoms with Gasteiger partial charge in [0.15, 0.2) is 0 Å². The quantitative estimate of drug-likeness (QED) is 0.844. The molecule has 2 bridgehead atoms. The van der Waals surface area contributed by atoms with Crippen molar-refractivity contribution in [1.29, 1.82) is 0 Å². The van der Waals surface area contributed by atoms with E-state index in [0.717, 1.165) is 36.3 Å². The molecule has 0 atom stereocenters. The largest absolute Gasteiger partial charge is 0.368 e. The van der Waals surface area contributed by atoms with E-state index >= 15 is 0 Å². The zero-order valence-corrected chi connectivity index (χ0v) is 16.7. The third-order valence-electron chi connectivity index (χ3n) is 5.04. The summed E-state index contributed by atoms with van der Waals surface area (Å²) >= 11 is 0. The van der Waals surface area contributed by atoms with E-state index in [9.17, 15) is 14.0 Å². The average Bonchev–Trinajstić information content (AvgIpc) is 2.71. The van der Waals surface area contributed by atoms with Crippen molar-refractivity contribution < 1.29 is 14.0 Å². The standard InChI is InChI=1S/C22H27FN4O2/c1-26-14-12-24-20-7-4-6-19(25-20)5-2-3-13-27(16-22(26)29)21(28)15-17-8-10-18(23)11-9-17/h4,6-11H,2-3,5,12-16H2,1H3,(H,24,25). The van der Waals surface area contributed by atoms with Crippen molar-refractivity contribution in [2.24, 2.45) is 0 Å². The van der Waals surface area contributed by atoms with E-state index in [2.05, 4.69) is 10.3 Å². The molecule has 0 aliphatic carbocycles. The van der Waals surface area contributed by atoms with E-state index in [1.54, 1.807) is 29.0 Å². The van der Waals surface area contributed by atoms with Crippen molar-refractivity contribution in [1.82, 2.24) is 14.8 Å². The van der Waals surface area contributed by atoms with E-state index in [1.807, 2.05) is 18.2 Å². The minimum Gasteiger partial charge on any atom is -0.368 e. The van der Waals surface area contributed by atoms with Crippen molar-refractivity contribution in [2.45, 2.75) is 25.7 Å². The van der Waals surface area contributed by atoms with Crippen molar-refractivity contribution >= 4 is 17.6 Å². The summed E-state index contributed by atoms with van der Waals surface area (Å²) in [5, 5.41) is 3.24. The zero-order valence-electron chi connectivity index (χ0n) is 16.7. The van der Waals surface area contributed by atoms with Crippen LogP contribution >= 0.6 is 0 Å². The number of carbonyl (C=O) groups is 2. The lowest BCUT2D eigenvalue weighted by Crippen LogP contribution is -2.43. The number of benzene rings is 1. The summed E-state index contributed by atoms with van der Waals surface area (Å²) in [4.78, 5) is 33.3. The smallest absolute Gasteiger partial charge is 0.241 e. The molecule has 1 aliphatic rings. The number of hydrogen-bond acceptors (Lipinski definition) is 4. The molecular formula is C22H27FN4O2. The average molecular weight is 398 g/mol. The van der Waals surface area contributed by atoms with Gasteiger partial charge in [-0.15, -0.1) is 0 Å². The van der Waals surface area contributed by atoms with Gasteiger partial charge in [-0.3, -0.25) is 9.59 Å². The van der Waals surface area contributed by atoms with Crippen molar-refractivity contribution in [3.8, 4) is 0 Å². The topological polar surface area (TPSA) is 65.5 Å². The first-order valence-electron chi connectivity index (χ1n) is 9.97. The summed E-state index contributed by atoms with van der Waals surface area (Å²) < 4.78 is 13.1. The molecule has 0 saturated heterocycles. The van der Waals surface area contributed by atoms with Gasteiger partial charge in [-0.1, -0.05) is 18.2 Å². The molecule has 1 aromatic carbocycles. The highest BCUT2D eigenvalue weighted by atomic mass is 19.1. The number of aryl methyl sites for hydroxylation is 1. The molecule has 7 heteroatoms. The number of fused-ring (bicyclic) bond motifs is 2. The minimum atomic E-state index is -0.331. The van der Waals surface area contributed by atoms with Crippen LogP contribution in [0.25, 0.3) is 0 Å². The number of halogens is 1. The van der Waals surface area contributed by atoms with Crippen molar-refractivity contribution in [2.75, 3.05) is 38.5 Å². The fourth-order valence-corrected chi connectivity index (χ4v) is 3.27. The lowest BCUT2D eigenvalue weighted by atomic mass is 10.1. The van der Waals surface area contributed by atoms with Crippen LogP contribution < -0.4 is 5.32 Å². The summed E-state index contributed by atoms with van der Waals surface area (Å²) in [5.41, 5.74) is 1.75. The SMILES string of the molecule is CN1CCNc2cccc(n2)CCCCN(C(=O)Cc2ccc(F)cc2)CC1=O. The lowest BCUT2D eigenvalue weighted by molar-refractivity contribution is -0.139. The Morgan fingerprint density at radius 1 is 1.14 bits per heavy atom. The van der Waals surface area contributed by atoms with Gasteiger partial charge in [-0.2, -0.15) is 0 Å². The second-order valence-electron chi connectivity index (χ2n) is 7.33. The molecular weight excluding hydrogens is 371 g/mol. The van der Waals surface area contributed by atoms with E-state index in [-0.39, 0.29) is 30.6 Å².